The summed E-state index contributed by atoms with van der Waals surface area (Å²) in [5.41, 5.74) is -1.52. The number of carboxylic acids is 1. The van der Waals surface area contributed by atoms with Crippen molar-refractivity contribution in [3.8, 4) is 0 Å². The topological polar surface area (TPSA) is 57.5 Å². The standard InChI is InChI=1S/C8H16O3/c1-4-8(11,7(9)10)5-6(2)3/h6,11H,4-5H2,1-3H3,(H,9,10)/t8-/m0/s1. The van der Waals surface area contributed by atoms with Gasteiger partial charge in [0.25, 0.3) is 0 Å². The van der Waals surface area contributed by atoms with Crippen molar-refractivity contribution >= 4 is 5.97 Å². The molecule has 0 aliphatic heterocycles. The van der Waals surface area contributed by atoms with Crippen LogP contribution in [0.4, 0.5) is 0 Å². The number of carboxylic acid groups (broad SMARTS) is 1. The molecule has 3 heteroatoms. The van der Waals surface area contributed by atoms with E-state index in [0.717, 1.165) is 0 Å². The Morgan fingerprint density at radius 1 is 1.55 bits per heavy atom. The van der Waals surface area contributed by atoms with Gasteiger partial charge in [-0.3, -0.25) is 0 Å². The number of hydrogen-bond donors (Lipinski definition) is 2. The Morgan fingerprint density at radius 3 is 2.09 bits per heavy atom. The molecule has 1 atom stereocenters. The first-order chi connectivity index (χ1) is 4.92. The molecule has 0 saturated carbocycles. The van der Waals surface area contributed by atoms with Crippen LogP contribution in [0.5, 0.6) is 0 Å². The highest BCUT2D eigenvalue weighted by Gasteiger charge is 2.34. The average Bonchev–Trinajstić information content (AvgIpc) is 1.86. The van der Waals surface area contributed by atoms with Crippen molar-refractivity contribution in [2.24, 2.45) is 5.92 Å². The van der Waals surface area contributed by atoms with Gasteiger partial charge in [0.2, 0.25) is 0 Å². The fourth-order valence-electron chi connectivity index (χ4n) is 1.06. The van der Waals surface area contributed by atoms with Crippen LogP contribution in [0, 0.1) is 5.92 Å². The lowest BCUT2D eigenvalue weighted by atomic mass is 9.90. The van der Waals surface area contributed by atoms with Crippen LogP contribution in [-0.2, 0) is 4.79 Å². The summed E-state index contributed by atoms with van der Waals surface area (Å²) in [6.07, 6.45) is 0.583. The normalized spacial score (nSPS) is 16.5. The van der Waals surface area contributed by atoms with E-state index < -0.39 is 11.6 Å². The molecule has 2 N–H and O–H groups in total. The molecular formula is C8H16O3. The summed E-state index contributed by atoms with van der Waals surface area (Å²) in [7, 11) is 0. The first kappa shape index (κ1) is 10.4. The number of hydrogen-bond acceptors (Lipinski definition) is 2. The molecule has 0 saturated heterocycles. The molecule has 0 aliphatic rings. The summed E-state index contributed by atoms with van der Waals surface area (Å²) in [5.74, 6) is -0.912. The molecule has 0 unspecified atom stereocenters. The molecule has 0 aromatic rings. The predicted octanol–water partition coefficient (Wildman–Crippen LogP) is 1.26. The predicted molar refractivity (Wildman–Crippen MR) is 42.3 cm³/mol. The van der Waals surface area contributed by atoms with E-state index in [-0.39, 0.29) is 12.3 Å². The van der Waals surface area contributed by atoms with Gasteiger partial charge in [-0.2, -0.15) is 0 Å². The van der Waals surface area contributed by atoms with Gasteiger partial charge in [0, 0.05) is 0 Å². The van der Waals surface area contributed by atoms with Gasteiger partial charge in [0.1, 0.15) is 0 Å². The van der Waals surface area contributed by atoms with Crippen LogP contribution in [0.15, 0.2) is 0 Å². The van der Waals surface area contributed by atoms with Crippen LogP contribution in [0.25, 0.3) is 0 Å². The fraction of sp³-hybridized carbons (Fsp3) is 0.875. The summed E-state index contributed by atoms with van der Waals surface area (Å²) < 4.78 is 0. The van der Waals surface area contributed by atoms with E-state index >= 15 is 0 Å². The Morgan fingerprint density at radius 2 is 2.00 bits per heavy atom. The van der Waals surface area contributed by atoms with Gasteiger partial charge in [-0.1, -0.05) is 20.8 Å². The average molecular weight is 160 g/mol. The Balaban J connectivity index is 4.22. The van der Waals surface area contributed by atoms with Crippen molar-refractivity contribution < 1.29 is 15.0 Å². The second-order valence-electron chi connectivity index (χ2n) is 3.29. The van der Waals surface area contributed by atoms with Gasteiger partial charge in [-0.15, -0.1) is 0 Å². The summed E-state index contributed by atoms with van der Waals surface area (Å²) in [5, 5.41) is 18.1. The van der Waals surface area contributed by atoms with Gasteiger partial charge in [0.05, 0.1) is 0 Å². The van der Waals surface area contributed by atoms with E-state index in [1.54, 1.807) is 6.92 Å². The molecule has 0 aromatic carbocycles. The maximum Gasteiger partial charge on any atom is 0.335 e. The third kappa shape index (κ3) is 2.89. The molecule has 0 fully saturated rings. The van der Waals surface area contributed by atoms with E-state index in [0.29, 0.717) is 6.42 Å². The van der Waals surface area contributed by atoms with Crippen LogP contribution in [0.1, 0.15) is 33.6 Å². The van der Waals surface area contributed by atoms with Gasteiger partial charge < -0.3 is 10.2 Å². The molecule has 66 valence electrons. The number of aliphatic hydroxyl groups is 1. The molecule has 0 radical (unpaired) electrons. The van der Waals surface area contributed by atoms with E-state index in [2.05, 4.69) is 0 Å². The SMILES string of the molecule is CC[C@](O)(CC(C)C)C(=O)O. The molecule has 11 heavy (non-hydrogen) atoms. The van der Waals surface area contributed by atoms with Crippen LogP contribution < -0.4 is 0 Å². The summed E-state index contributed by atoms with van der Waals surface area (Å²) in [6.45, 7) is 5.46. The minimum atomic E-state index is -1.52. The third-order valence-corrected chi connectivity index (χ3v) is 1.73. The zero-order valence-electron chi connectivity index (χ0n) is 7.29. The Bertz CT molecular complexity index is 142. The van der Waals surface area contributed by atoms with E-state index in [9.17, 15) is 9.90 Å². The van der Waals surface area contributed by atoms with Crippen molar-refractivity contribution in [2.75, 3.05) is 0 Å². The molecule has 0 amide bonds. The Labute approximate surface area is 67.0 Å². The maximum atomic E-state index is 10.5. The number of rotatable bonds is 4. The molecule has 0 aliphatic carbocycles. The zero-order chi connectivity index (χ0) is 9.07. The van der Waals surface area contributed by atoms with E-state index in [1.807, 2.05) is 13.8 Å². The van der Waals surface area contributed by atoms with Gasteiger partial charge in [-0.05, 0) is 18.8 Å². The lowest BCUT2D eigenvalue weighted by Crippen LogP contribution is -2.38. The van der Waals surface area contributed by atoms with Gasteiger partial charge >= 0.3 is 5.97 Å². The van der Waals surface area contributed by atoms with Crippen LogP contribution in [0.2, 0.25) is 0 Å². The highest BCUT2D eigenvalue weighted by atomic mass is 16.4. The first-order valence-electron chi connectivity index (χ1n) is 3.88. The fourth-order valence-corrected chi connectivity index (χ4v) is 1.06. The summed E-state index contributed by atoms with van der Waals surface area (Å²) in [4.78, 5) is 10.5. The van der Waals surface area contributed by atoms with Crippen LogP contribution in [-0.4, -0.2) is 21.8 Å². The van der Waals surface area contributed by atoms with Crippen LogP contribution >= 0.6 is 0 Å². The Kier molecular flexibility index (Phi) is 3.52. The first-order valence-corrected chi connectivity index (χ1v) is 3.88. The lowest BCUT2D eigenvalue weighted by molar-refractivity contribution is -0.160. The van der Waals surface area contributed by atoms with Crippen molar-refractivity contribution in [3.05, 3.63) is 0 Å². The number of carbonyl (C=O) groups is 1. The maximum absolute atomic E-state index is 10.5. The minimum Gasteiger partial charge on any atom is -0.479 e. The summed E-state index contributed by atoms with van der Waals surface area (Å²) >= 11 is 0. The second kappa shape index (κ2) is 3.72. The Hall–Kier alpha value is -0.570. The van der Waals surface area contributed by atoms with Crippen molar-refractivity contribution in [1.29, 1.82) is 0 Å². The van der Waals surface area contributed by atoms with Crippen molar-refractivity contribution in [2.45, 2.75) is 39.2 Å². The molecule has 0 heterocycles. The monoisotopic (exact) mass is 160 g/mol. The van der Waals surface area contributed by atoms with Gasteiger partial charge in [-0.25, -0.2) is 4.79 Å². The molecule has 3 nitrogen and oxygen atoms in total. The highest BCUT2D eigenvalue weighted by Crippen LogP contribution is 2.20. The van der Waals surface area contributed by atoms with Crippen molar-refractivity contribution in [3.63, 3.8) is 0 Å². The molecule has 0 aromatic heterocycles. The lowest BCUT2D eigenvalue weighted by Gasteiger charge is -2.23. The smallest absolute Gasteiger partial charge is 0.335 e. The molecule has 0 rings (SSSR count). The van der Waals surface area contributed by atoms with E-state index in [1.165, 1.54) is 0 Å². The largest absolute Gasteiger partial charge is 0.479 e. The quantitative estimate of drug-likeness (QED) is 0.651. The minimum absolute atomic E-state index is 0.205. The second-order valence-corrected chi connectivity index (χ2v) is 3.29. The molecule has 0 bridgehead atoms. The van der Waals surface area contributed by atoms with E-state index in [4.69, 9.17) is 5.11 Å². The van der Waals surface area contributed by atoms with Crippen LogP contribution in [0.3, 0.4) is 0 Å². The number of aliphatic carboxylic acids is 1. The molecule has 0 spiro atoms. The summed E-state index contributed by atoms with van der Waals surface area (Å²) in [6, 6.07) is 0. The van der Waals surface area contributed by atoms with Gasteiger partial charge in [0.15, 0.2) is 5.60 Å². The highest BCUT2D eigenvalue weighted by molar-refractivity contribution is 5.76. The zero-order valence-corrected chi connectivity index (χ0v) is 7.29. The molecular weight excluding hydrogens is 144 g/mol. The third-order valence-electron chi connectivity index (χ3n) is 1.73. The van der Waals surface area contributed by atoms with Crippen molar-refractivity contribution in [1.82, 2.24) is 0 Å².